The van der Waals surface area contributed by atoms with Gasteiger partial charge in [0.1, 0.15) is 10.8 Å². The van der Waals surface area contributed by atoms with Crippen LogP contribution in [-0.4, -0.2) is 55.3 Å². The number of hydrogen-bond acceptors (Lipinski definition) is 9. The summed E-state index contributed by atoms with van der Waals surface area (Å²) in [6, 6.07) is 0. The fourth-order valence-electron chi connectivity index (χ4n) is 1.90. The van der Waals surface area contributed by atoms with E-state index in [9.17, 15) is 14.7 Å². The highest BCUT2D eigenvalue weighted by Crippen LogP contribution is 2.21. The van der Waals surface area contributed by atoms with Crippen LogP contribution >= 0.6 is 11.3 Å². The largest absolute Gasteiger partial charge is 0.394 e. The maximum Gasteiger partial charge on any atom is 0.311 e. The minimum absolute atomic E-state index is 0.0308. The molecule has 0 spiro atoms. The first kappa shape index (κ1) is 16.6. The molecule has 10 nitrogen and oxygen atoms in total. The predicted molar refractivity (Wildman–Crippen MR) is 78.7 cm³/mol. The van der Waals surface area contributed by atoms with Crippen molar-refractivity contribution in [1.82, 2.24) is 14.5 Å². The molecular weight excluding hydrogens is 316 g/mol. The molecule has 0 bridgehead atoms. The lowest BCUT2D eigenvalue weighted by atomic mass is 10.3. The maximum atomic E-state index is 12.1. The highest BCUT2D eigenvalue weighted by Gasteiger charge is 2.27. The number of nitrogen functional groups attached to an aromatic ring is 1. The smallest absolute Gasteiger partial charge is 0.311 e. The zero-order valence-corrected chi connectivity index (χ0v) is 12.4. The van der Waals surface area contributed by atoms with Crippen molar-refractivity contribution < 1.29 is 20.1 Å². The summed E-state index contributed by atoms with van der Waals surface area (Å²) in [5.74, 6) is -0.186. The van der Waals surface area contributed by atoms with Crippen LogP contribution in [0.25, 0.3) is 10.3 Å². The van der Waals surface area contributed by atoms with Crippen LogP contribution in [0.5, 0.6) is 0 Å². The third-order valence-corrected chi connectivity index (χ3v) is 3.84. The lowest BCUT2D eigenvalue weighted by molar-refractivity contribution is -0.135. The summed E-state index contributed by atoms with van der Waals surface area (Å²) in [6.07, 6.45) is -3.40. The molecule has 2 atom stereocenters. The van der Waals surface area contributed by atoms with Crippen LogP contribution in [0.4, 0.5) is 5.95 Å². The Morgan fingerprint density at radius 3 is 2.59 bits per heavy atom. The van der Waals surface area contributed by atoms with Gasteiger partial charge in [-0.1, -0.05) is 11.3 Å². The first-order valence-corrected chi connectivity index (χ1v) is 7.16. The lowest BCUT2D eigenvalue weighted by Crippen LogP contribution is -2.36. The molecule has 0 amide bonds. The molecule has 0 aliphatic carbocycles. The normalized spacial score (nSPS) is 14.6. The molecule has 2 aromatic heterocycles. The number of H-pyrrole nitrogens is 1. The Bertz CT molecular complexity index is 762. The van der Waals surface area contributed by atoms with E-state index in [0.29, 0.717) is 11.3 Å². The van der Waals surface area contributed by atoms with Crippen molar-refractivity contribution in [2.24, 2.45) is 0 Å². The summed E-state index contributed by atoms with van der Waals surface area (Å²) in [4.78, 5) is 29.5. The molecule has 0 saturated carbocycles. The number of aromatic nitrogens is 3. The molecule has 122 valence electrons. The van der Waals surface area contributed by atoms with Gasteiger partial charge >= 0.3 is 4.87 Å². The van der Waals surface area contributed by atoms with Crippen LogP contribution in [0.1, 0.15) is 13.2 Å². The van der Waals surface area contributed by atoms with Gasteiger partial charge in [-0.05, 0) is 6.92 Å². The Kier molecular flexibility index (Phi) is 4.93. The van der Waals surface area contributed by atoms with Crippen molar-refractivity contribution in [3.05, 3.63) is 20.0 Å². The van der Waals surface area contributed by atoms with Gasteiger partial charge in [0, 0.05) is 0 Å². The van der Waals surface area contributed by atoms with Crippen molar-refractivity contribution >= 4 is 27.6 Å². The second-order valence-corrected chi connectivity index (χ2v) is 5.56. The number of anilines is 1. The van der Waals surface area contributed by atoms with E-state index in [1.807, 2.05) is 0 Å². The average molecular weight is 332 g/mol. The van der Waals surface area contributed by atoms with E-state index in [4.69, 9.17) is 20.7 Å². The van der Waals surface area contributed by atoms with Crippen LogP contribution in [0.15, 0.2) is 9.59 Å². The monoisotopic (exact) mass is 332 g/mol. The fourth-order valence-corrected chi connectivity index (χ4v) is 2.74. The van der Waals surface area contributed by atoms with Gasteiger partial charge in [0.05, 0.1) is 19.3 Å². The van der Waals surface area contributed by atoms with E-state index in [-0.39, 0.29) is 16.3 Å². The van der Waals surface area contributed by atoms with Crippen LogP contribution < -0.4 is 16.2 Å². The highest BCUT2D eigenvalue weighted by atomic mass is 32.1. The molecule has 2 rings (SSSR count). The van der Waals surface area contributed by atoms with Crippen molar-refractivity contribution in [3.8, 4) is 0 Å². The topological polar surface area (TPSA) is 164 Å². The van der Waals surface area contributed by atoms with Crippen LogP contribution in [0.3, 0.4) is 0 Å². The second kappa shape index (κ2) is 6.54. The van der Waals surface area contributed by atoms with Crippen molar-refractivity contribution in [2.45, 2.75) is 25.4 Å². The molecule has 22 heavy (non-hydrogen) atoms. The van der Waals surface area contributed by atoms with Crippen molar-refractivity contribution in [2.75, 3.05) is 18.9 Å². The van der Waals surface area contributed by atoms with E-state index >= 15 is 0 Å². The van der Waals surface area contributed by atoms with Crippen molar-refractivity contribution in [3.63, 3.8) is 0 Å². The van der Waals surface area contributed by atoms with Gasteiger partial charge in [0.15, 0.2) is 11.9 Å². The summed E-state index contributed by atoms with van der Waals surface area (Å²) in [7, 11) is 0. The minimum atomic E-state index is -1.24. The Morgan fingerprint density at radius 1 is 1.41 bits per heavy atom. The van der Waals surface area contributed by atoms with Crippen molar-refractivity contribution in [1.29, 1.82) is 0 Å². The van der Waals surface area contributed by atoms with Gasteiger partial charge in [-0.2, -0.15) is 4.98 Å². The zero-order chi connectivity index (χ0) is 16.4. The van der Waals surface area contributed by atoms with E-state index < -0.39 is 42.1 Å². The van der Waals surface area contributed by atoms with Crippen LogP contribution in [0.2, 0.25) is 0 Å². The molecule has 0 unspecified atom stereocenters. The molecule has 0 saturated heterocycles. The molecule has 0 aliphatic rings. The highest BCUT2D eigenvalue weighted by molar-refractivity contribution is 7.16. The number of hydrogen-bond donors (Lipinski definition) is 5. The summed E-state index contributed by atoms with van der Waals surface area (Å²) in [6.45, 7) is 0.350. The van der Waals surface area contributed by atoms with E-state index in [2.05, 4.69) is 9.97 Å². The Morgan fingerprint density at radius 2 is 2.05 bits per heavy atom. The summed E-state index contributed by atoms with van der Waals surface area (Å²) in [5, 5.41) is 28.0. The van der Waals surface area contributed by atoms with Gasteiger partial charge < -0.3 is 25.8 Å². The standard InChI is InChI=1S/C11H16N4O6S/c1-4(18)9(21-5(2-16)3-17)15-7-6(22-11(15)20)8(19)14-10(12)13-7/h4-5,9,16-18H,2-3H2,1H3,(H3,12,13,14,19)/t4-,9-/m1/s1. The minimum Gasteiger partial charge on any atom is -0.394 e. The van der Waals surface area contributed by atoms with Crippen LogP contribution in [0, 0.1) is 0 Å². The number of fused-ring (bicyclic) bond motifs is 1. The number of nitrogens with two attached hydrogens (primary N) is 1. The number of nitrogens with one attached hydrogen (secondary N) is 1. The number of thiazole rings is 1. The molecule has 0 radical (unpaired) electrons. The molecule has 6 N–H and O–H groups in total. The molecule has 0 aromatic carbocycles. The quantitative estimate of drug-likeness (QED) is 0.404. The first-order chi connectivity index (χ1) is 10.4. The zero-order valence-electron chi connectivity index (χ0n) is 11.6. The summed E-state index contributed by atoms with van der Waals surface area (Å²) in [5.41, 5.74) is 4.87. The Labute approximate surface area is 127 Å². The Hall–Kier alpha value is -1.79. The number of nitrogens with zero attached hydrogens (tertiary/aromatic N) is 2. The molecular formula is C11H16N4O6S. The first-order valence-electron chi connectivity index (χ1n) is 6.35. The van der Waals surface area contributed by atoms with E-state index in [0.717, 1.165) is 4.57 Å². The van der Waals surface area contributed by atoms with Gasteiger partial charge in [-0.3, -0.25) is 19.1 Å². The molecule has 2 heterocycles. The number of aliphatic hydroxyl groups excluding tert-OH is 3. The second-order valence-electron chi connectivity index (χ2n) is 4.60. The third-order valence-electron chi connectivity index (χ3n) is 2.90. The third kappa shape index (κ3) is 3.03. The number of ether oxygens (including phenoxy) is 1. The van der Waals surface area contributed by atoms with Gasteiger partial charge in [0.2, 0.25) is 5.95 Å². The molecule has 0 fully saturated rings. The Balaban J connectivity index is 2.61. The van der Waals surface area contributed by atoms with Gasteiger partial charge in [-0.15, -0.1) is 0 Å². The fraction of sp³-hybridized carbons (Fsp3) is 0.545. The van der Waals surface area contributed by atoms with Gasteiger partial charge in [-0.25, -0.2) is 0 Å². The molecule has 0 aliphatic heterocycles. The SMILES string of the molecule is C[C@@H](O)[C@@H](OC(CO)CO)n1c(=O)sc2c(=O)[nH]c(N)nc21. The lowest BCUT2D eigenvalue weighted by Gasteiger charge is -2.25. The maximum absolute atomic E-state index is 12.1. The molecule has 11 heteroatoms. The summed E-state index contributed by atoms with van der Waals surface area (Å²) >= 11 is 0.632. The summed E-state index contributed by atoms with van der Waals surface area (Å²) < 4.78 is 6.37. The average Bonchev–Trinajstić information content (AvgIpc) is 2.77. The number of aliphatic hydroxyl groups is 3. The molecule has 2 aromatic rings. The van der Waals surface area contributed by atoms with Crippen LogP contribution in [-0.2, 0) is 4.74 Å². The number of rotatable bonds is 6. The van der Waals surface area contributed by atoms with E-state index in [1.54, 1.807) is 0 Å². The van der Waals surface area contributed by atoms with Gasteiger partial charge in [0.25, 0.3) is 5.56 Å². The number of aromatic amines is 1. The van der Waals surface area contributed by atoms with E-state index in [1.165, 1.54) is 6.92 Å². The predicted octanol–water partition coefficient (Wildman–Crippen LogP) is -2.02.